The molecule has 130 valence electrons. The van der Waals surface area contributed by atoms with Gasteiger partial charge in [-0.2, -0.15) is 5.26 Å². The maximum atomic E-state index is 8.95. The van der Waals surface area contributed by atoms with Crippen LogP contribution in [0.1, 0.15) is 69.9 Å². The summed E-state index contributed by atoms with van der Waals surface area (Å²) in [5, 5.41) is 8.95. The van der Waals surface area contributed by atoms with E-state index < -0.39 is 0 Å². The summed E-state index contributed by atoms with van der Waals surface area (Å²) in [4.78, 5) is 0. The van der Waals surface area contributed by atoms with E-state index in [2.05, 4.69) is 44.2 Å². The molecule has 1 nitrogen and oxygen atoms in total. The lowest BCUT2D eigenvalue weighted by Gasteiger charge is -2.43. The second-order valence-corrected chi connectivity index (χ2v) is 7.67. The molecule has 2 aromatic rings. The molecule has 0 radical (unpaired) electrons. The van der Waals surface area contributed by atoms with Crippen molar-refractivity contribution in [2.75, 3.05) is 0 Å². The highest BCUT2D eigenvalue weighted by Gasteiger charge is 2.38. The molecule has 1 aliphatic rings. The summed E-state index contributed by atoms with van der Waals surface area (Å²) in [5.41, 5.74) is 5.05. The zero-order valence-corrected chi connectivity index (χ0v) is 15.6. The van der Waals surface area contributed by atoms with E-state index in [1.165, 1.54) is 61.6 Å². The van der Waals surface area contributed by atoms with Crippen LogP contribution in [-0.2, 0) is 5.41 Å². The largest absolute Gasteiger partial charge is 0.192 e. The molecule has 1 saturated carbocycles. The first-order valence-electron chi connectivity index (χ1n) is 9.80. The molecule has 1 fully saturated rings. The summed E-state index contributed by atoms with van der Waals surface area (Å²) >= 11 is 0. The molecule has 0 bridgehead atoms. The van der Waals surface area contributed by atoms with Crippen molar-refractivity contribution in [2.45, 2.75) is 64.2 Å². The van der Waals surface area contributed by atoms with E-state index in [0.29, 0.717) is 5.41 Å². The van der Waals surface area contributed by atoms with Gasteiger partial charge in [0.25, 0.3) is 0 Å². The van der Waals surface area contributed by atoms with Crippen molar-refractivity contribution in [1.82, 2.24) is 0 Å². The number of nitrogens with zero attached hydrogens (tertiary/aromatic N) is 1. The molecular weight excluding hydrogens is 302 g/mol. The van der Waals surface area contributed by atoms with Crippen LogP contribution in [0.2, 0.25) is 0 Å². The predicted octanol–water partition coefficient (Wildman–Crippen LogP) is 6.86. The van der Waals surface area contributed by atoms with Crippen molar-refractivity contribution >= 4 is 0 Å². The second kappa shape index (κ2) is 7.87. The molecule has 0 saturated heterocycles. The van der Waals surface area contributed by atoms with E-state index >= 15 is 0 Å². The van der Waals surface area contributed by atoms with Gasteiger partial charge in [0.05, 0.1) is 11.6 Å². The monoisotopic (exact) mass is 331 g/mol. The van der Waals surface area contributed by atoms with Gasteiger partial charge in [-0.3, -0.25) is 0 Å². The van der Waals surface area contributed by atoms with Gasteiger partial charge >= 0.3 is 0 Å². The van der Waals surface area contributed by atoms with Gasteiger partial charge < -0.3 is 0 Å². The molecular formula is C24H29N. The van der Waals surface area contributed by atoms with Crippen LogP contribution in [0.25, 0.3) is 11.1 Å². The molecule has 0 spiro atoms. The summed E-state index contributed by atoms with van der Waals surface area (Å²) in [5.74, 6) is 0.749. The van der Waals surface area contributed by atoms with Crippen molar-refractivity contribution < 1.29 is 0 Å². The maximum absolute atomic E-state index is 8.95. The van der Waals surface area contributed by atoms with Crippen molar-refractivity contribution in [1.29, 1.82) is 5.26 Å². The second-order valence-electron chi connectivity index (χ2n) is 7.67. The Labute approximate surface area is 152 Å². The van der Waals surface area contributed by atoms with E-state index in [1.54, 1.807) is 0 Å². The maximum Gasteiger partial charge on any atom is 0.0991 e. The lowest BCUT2D eigenvalue weighted by molar-refractivity contribution is 0.192. The Morgan fingerprint density at radius 3 is 2.00 bits per heavy atom. The third kappa shape index (κ3) is 3.64. The van der Waals surface area contributed by atoms with E-state index in [4.69, 9.17) is 5.26 Å². The van der Waals surface area contributed by atoms with Crippen LogP contribution < -0.4 is 0 Å². The first kappa shape index (κ1) is 17.7. The van der Waals surface area contributed by atoms with Crippen molar-refractivity contribution in [3.8, 4) is 17.2 Å². The van der Waals surface area contributed by atoms with Crippen LogP contribution in [0.15, 0.2) is 48.5 Å². The first-order valence-corrected chi connectivity index (χ1v) is 9.80. The summed E-state index contributed by atoms with van der Waals surface area (Å²) in [6.07, 6.45) is 9.39. The van der Waals surface area contributed by atoms with Gasteiger partial charge in [0.2, 0.25) is 0 Å². The van der Waals surface area contributed by atoms with Gasteiger partial charge in [0, 0.05) is 0 Å². The Bertz CT molecular complexity index is 712. The van der Waals surface area contributed by atoms with Crippen LogP contribution in [0.4, 0.5) is 0 Å². The van der Waals surface area contributed by atoms with Gasteiger partial charge in [0.15, 0.2) is 0 Å². The fourth-order valence-corrected chi connectivity index (χ4v) is 4.69. The predicted molar refractivity (Wildman–Crippen MR) is 105 cm³/mol. The Morgan fingerprint density at radius 1 is 0.920 bits per heavy atom. The third-order valence-electron chi connectivity index (χ3n) is 6.22. The minimum atomic E-state index is 0.372. The van der Waals surface area contributed by atoms with Crippen molar-refractivity contribution in [2.24, 2.45) is 5.92 Å². The summed E-state index contributed by atoms with van der Waals surface area (Å²) in [6, 6.07) is 19.3. The number of benzene rings is 2. The first-order chi connectivity index (χ1) is 12.2. The minimum absolute atomic E-state index is 0.372. The molecule has 0 heterocycles. The highest BCUT2D eigenvalue weighted by Crippen LogP contribution is 2.47. The average Bonchev–Trinajstić information content (AvgIpc) is 2.69. The quantitative estimate of drug-likeness (QED) is 0.587. The molecule has 0 aliphatic heterocycles. The number of hydrogen-bond donors (Lipinski definition) is 0. The van der Waals surface area contributed by atoms with Crippen LogP contribution in [0, 0.1) is 17.2 Å². The molecule has 1 atom stereocenters. The van der Waals surface area contributed by atoms with Gasteiger partial charge in [0.1, 0.15) is 0 Å². The van der Waals surface area contributed by atoms with Crippen LogP contribution >= 0.6 is 0 Å². The Morgan fingerprint density at radius 2 is 1.48 bits per heavy atom. The van der Waals surface area contributed by atoms with E-state index in [9.17, 15) is 0 Å². The fourth-order valence-electron chi connectivity index (χ4n) is 4.69. The van der Waals surface area contributed by atoms with Crippen molar-refractivity contribution in [3.05, 3.63) is 59.7 Å². The van der Waals surface area contributed by atoms with Crippen LogP contribution in [-0.4, -0.2) is 0 Å². The zero-order chi connectivity index (χ0) is 17.7. The van der Waals surface area contributed by atoms with Gasteiger partial charge in [-0.05, 0) is 53.0 Å². The molecule has 3 rings (SSSR count). The molecule has 25 heavy (non-hydrogen) atoms. The highest BCUT2D eigenvalue weighted by atomic mass is 14.4. The van der Waals surface area contributed by atoms with Gasteiger partial charge in [-0.1, -0.05) is 82.3 Å². The Kier molecular flexibility index (Phi) is 5.59. The van der Waals surface area contributed by atoms with Gasteiger partial charge in [-0.15, -0.1) is 0 Å². The van der Waals surface area contributed by atoms with Crippen molar-refractivity contribution in [3.63, 3.8) is 0 Å². The number of nitriles is 1. The summed E-state index contributed by atoms with van der Waals surface area (Å²) < 4.78 is 0. The molecule has 1 aliphatic carbocycles. The summed E-state index contributed by atoms with van der Waals surface area (Å²) in [6.45, 7) is 4.77. The SMILES string of the molecule is CCCC(C)C1(c2ccc(-c3ccc(C#N)cc3)cc2)CCCCC1. The molecule has 1 heteroatoms. The normalized spacial score (nSPS) is 17.6. The fraction of sp³-hybridized carbons (Fsp3) is 0.458. The van der Waals surface area contributed by atoms with Crippen LogP contribution in [0.5, 0.6) is 0 Å². The Hall–Kier alpha value is -2.07. The topological polar surface area (TPSA) is 23.8 Å². The molecule has 0 N–H and O–H groups in total. The average molecular weight is 332 g/mol. The van der Waals surface area contributed by atoms with E-state index in [-0.39, 0.29) is 0 Å². The standard InChI is InChI=1S/C24H29N/c1-3-7-19(2)24(16-5-4-6-17-24)23-14-12-22(13-15-23)21-10-8-20(18-25)9-11-21/h8-15,19H,3-7,16-17H2,1-2H3. The zero-order valence-electron chi connectivity index (χ0n) is 15.6. The lowest BCUT2D eigenvalue weighted by Crippen LogP contribution is -2.36. The minimum Gasteiger partial charge on any atom is -0.192 e. The molecule has 1 unspecified atom stereocenters. The number of rotatable bonds is 5. The molecule has 0 amide bonds. The highest BCUT2D eigenvalue weighted by molar-refractivity contribution is 5.64. The van der Waals surface area contributed by atoms with Crippen LogP contribution in [0.3, 0.4) is 0 Å². The third-order valence-corrected chi connectivity index (χ3v) is 6.22. The summed E-state index contributed by atoms with van der Waals surface area (Å²) in [7, 11) is 0. The van der Waals surface area contributed by atoms with E-state index in [0.717, 1.165) is 11.5 Å². The number of hydrogen-bond acceptors (Lipinski definition) is 1. The molecule has 0 aromatic heterocycles. The smallest absolute Gasteiger partial charge is 0.0991 e. The molecule has 2 aromatic carbocycles. The Balaban J connectivity index is 1.89. The van der Waals surface area contributed by atoms with E-state index in [1.807, 2.05) is 24.3 Å². The lowest BCUT2D eigenvalue weighted by atomic mass is 9.61. The van der Waals surface area contributed by atoms with Gasteiger partial charge in [-0.25, -0.2) is 0 Å².